The summed E-state index contributed by atoms with van der Waals surface area (Å²) in [4.78, 5) is 36.9. The van der Waals surface area contributed by atoms with Crippen LogP contribution in [0.1, 0.15) is 43.1 Å². The maximum Gasteiger partial charge on any atom is 0.338 e. The summed E-state index contributed by atoms with van der Waals surface area (Å²) in [5.74, 6) is -1.60. The molecule has 130 valence electrons. The van der Waals surface area contributed by atoms with Crippen molar-refractivity contribution in [1.29, 1.82) is 0 Å². The smallest absolute Gasteiger partial charge is 0.338 e. The lowest BCUT2D eigenvalue weighted by atomic mass is 10.1. The Morgan fingerprint density at radius 2 is 2.00 bits per heavy atom. The molecular formula is C18H18N2O4S. The molecule has 0 saturated heterocycles. The molecule has 0 atom stereocenters. The van der Waals surface area contributed by atoms with Gasteiger partial charge in [-0.1, -0.05) is 18.2 Å². The van der Waals surface area contributed by atoms with Gasteiger partial charge in [0.1, 0.15) is 5.00 Å². The molecule has 6 nitrogen and oxygen atoms in total. The number of carbonyl (C=O) groups is 3. The number of rotatable bonds is 5. The molecule has 0 aliphatic heterocycles. The van der Waals surface area contributed by atoms with Crippen LogP contribution in [0.25, 0.3) is 0 Å². The Labute approximate surface area is 149 Å². The number of amides is 2. The van der Waals surface area contributed by atoms with Crippen molar-refractivity contribution in [2.24, 2.45) is 5.73 Å². The third kappa shape index (κ3) is 3.56. The monoisotopic (exact) mass is 358 g/mol. The van der Waals surface area contributed by atoms with Crippen LogP contribution in [0.4, 0.5) is 5.00 Å². The van der Waals surface area contributed by atoms with E-state index >= 15 is 0 Å². The lowest BCUT2D eigenvalue weighted by molar-refractivity contribution is -0.119. The highest BCUT2D eigenvalue weighted by Crippen LogP contribution is 2.38. The number of fused-ring (bicyclic) bond motifs is 1. The van der Waals surface area contributed by atoms with Crippen molar-refractivity contribution in [1.82, 2.24) is 0 Å². The highest BCUT2D eigenvalue weighted by Gasteiger charge is 2.26. The van der Waals surface area contributed by atoms with Gasteiger partial charge in [-0.15, -0.1) is 11.3 Å². The second-order valence-corrected chi connectivity index (χ2v) is 6.97. The molecule has 2 aromatic rings. The van der Waals surface area contributed by atoms with E-state index in [1.165, 1.54) is 11.3 Å². The number of benzene rings is 1. The highest BCUT2D eigenvalue weighted by atomic mass is 32.1. The first kappa shape index (κ1) is 17.2. The second kappa shape index (κ2) is 7.06. The average molecular weight is 358 g/mol. The summed E-state index contributed by atoms with van der Waals surface area (Å²) in [5, 5.41) is 3.08. The Hall–Kier alpha value is -2.67. The van der Waals surface area contributed by atoms with Crippen LogP contribution >= 0.6 is 11.3 Å². The van der Waals surface area contributed by atoms with E-state index in [4.69, 9.17) is 10.5 Å². The van der Waals surface area contributed by atoms with Crippen molar-refractivity contribution < 1.29 is 19.1 Å². The highest BCUT2D eigenvalue weighted by molar-refractivity contribution is 7.17. The molecule has 3 N–H and O–H groups in total. The van der Waals surface area contributed by atoms with Gasteiger partial charge in [-0.05, 0) is 43.4 Å². The minimum atomic E-state index is -0.558. The summed E-state index contributed by atoms with van der Waals surface area (Å²) in [6.45, 7) is 1.37. The zero-order valence-electron chi connectivity index (χ0n) is 13.8. The van der Waals surface area contributed by atoms with Crippen LogP contribution in [0, 0.1) is 6.92 Å². The summed E-state index contributed by atoms with van der Waals surface area (Å²) in [6, 6.07) is 6.99. The quantitative estimate of drug-likeness (QED) is 0.802. The third-order valence-electron chi connectivity index (χ3n) is 4.12. The number of ether oxygens (including phenoxy) is 1. The Balaban J connectivity index is 1.65. The lowest BCUT2D eigenvalue weighted by Gasteiger charge is -2.08. The van der Waals surface area contributed by atoms with Crippen LogP contribution in [0.3, 0.4) is 0 Å². The first-order chi connectivity index (χ1) is 12.0. The first-order valence-corrected chi connectivity index (χ1v) is 8.76. The minimum Gasteiger partial charge on any atom is -0.452 e. The van der Waals surface area contributed by atoms with Gasteiger partial charge >= 0.3 is 5.97 Å². The molecule has 1 aromatic heterocycles. The fourth-order valence-electron chi connectivity index (χ4n) is 2.93. The van der Waals surface area contributed by atoms with E-state index in [1.807, 2.05) is 6.07 Å². The third-order valence-corrected chi connectivity index (χ3v) is 5.33. The standard InChI is InChI=1S/C18H18N2O4S/c1-10-5-2-3-6-11(10)18(23)24-9-14(21)20-17-15(16(19)22)12-7-4-8-13(12)25-17/h2-3,5-6H,4,7-9H2,1H3,(H2,19,22)(H,20,21). The van der Waals surface area contributed by atoms with E-state index in [1.54, 1.807) is 25.1 Å². The van der Waals surface area contributed by atoms with Crippen molar-refractivity contribution >= 4 is 34.1 Å². The van der Waals surface area contributed by atoms with Gasteiger partial charge in [0.15, 0.2) is 6.61 Å². The predicted octanol–water partition coefficient (Wildman–Crippen LogP) is 2.44. The van der Waals surface area contributed by atoms with Crippen LogP contribution in [0.5, 0.6) is 0 Å². The van der Waals surface area contributed by atoms with E-state index in [2.05, 4.69) is 5.32 Å². The summed E-state index contributed by atoms with van der Waals surface area (Å²) < 4.78 is 5.06. The van der Waals surface area contributed by atoms with Gasteiger partial charge in [-0.2, -0.15) is 0 Å². The van der Waals surface area contributed by atoms with Crippen LogP contribution in [0.15, 0.2) is 24.3 Å². The normalized spacial score (nSPS) is 12.5. The molecule has 0 fully saturated rings. The number of anilines is 1. The molecule has 1 aliphatic rings. The Morgan fingerprint density at radius 1 is 1.24 bits per heavy atom. The van der Waals surface area contributed by atoms with Crippen LogP contribution in [-0.2, 0) is 22.4 Å². The Morgan fingerprint density at radius 3 is 2.72 bits per heavy atom. The number of nitrogens with two attached hydrogens (primary N) is 1. The molecule has 1 aliphatic carbocycles. The van der Waals surface area contributed by atoms with Crippen molar-refractivity contribution in [3.05, 3.63) is 51.4 Å². The maximum absolute atomic E-state index is 12.1. The van der Waals surface area contributed by atoms with Crippen molar-refractivity contribution in [3.8, 4) is 0 Å². The molecular weight excluding hydrogens is 340 g/mol. The van der Waals surface area contributed by atoms with Gasteiger partial charge < -0.3 is 15.8 Å². The van der Waals surface area contributed by atoms with E-state index in [0.29, 0.717) is 16.1 Å². The summed E-state index contributed by atoms with van der Waals surface area (Å²) >= 11 is 1.37. The van der Waals surface area contributed by atoms with Crippen LogP contribution in [0.2, 0.25) is 0 Å². The number of esters is 1. The largest absolute Gasteiger partial charge is 0.452 e. The Bertz CT molecular complexity index is 857. The van der Waals surface area contributed by atoms with E-state index < -0.39 is 24.4 Å². The number of hydrogen-bond donors (Lipinski definition) is 2. The summed E-state index contributed by atoms with van der Waals surface area (Å²) in [6.07, 6.45) is 2.67. The number of nitrogens with one attached hydrogen (secondary N) is 1. The van der Waals surface area contributed by atoms with E-state index in [-0.39, 0.29) is 0 Å². The second-order valence-electron chi connectivity index (χ2n) is 5.86. The summed E-state index contributed by atoms with van der Waals surface area (Å²) in [5.41, 5.74) is 7.97. The minimum absolute atomic E-state index is 0.385. The fourth-order valence-corrected chi connectivity index (χ4v) is 4.24. The van der Waals surface area contributed by atoms with Crippen LogP contribution < -0.4 is 11.1 Å². The number of carbonyl (C=O) groups excluding carboxylic acids is 3. The topological polar surface area (TPSA) is 98.5 Å². The summed E-state index contributed by atoms with van der Waals surface area (Å²) in [7, 11) is 0. The average Bonchev–Trinajstić information content (AvgIpc) is 3.13. The van der Waals surface area contributed by atoms with E-state index in [0.717, 1.165) is 35.3 Å². The van der Waals surface area contributed by atoms with E-state index in [9.17, 15) is 14.4 Å². The molecule has 25 heavy (non-hydrogen) atoms. The number of thiophene rings is 1. The van der Waals surface area contributed by atoms with Crippen LogP contribution in [-0.4, -0.2) is 24.4 Å². The lowest BCUT2D eigenvalue weighted by Crippen LogP contribution is -2.23. The maximum atomic E-state index is 12.1. The number of hydrogen-bond acceptors (Lipinski definition) is 5. The van der Waals surface area contributed by atoms with Crippen molar-refractivity contribution in [2.75, 3.05) is 11.9 Å². The van der Waals surface area contributed by atoms with Gasteiger partial charge in [-0.3, -0.25) is 9.59 Å². The molecule has 0 saturated carbocycles. The Kier molecular flexibility index (Phi) is 4.85. The molecule has 1 heterocycles. The molecule has 0 unspecified atom stereocenters. The molecule has 7 heteroatoms. The fraction of sp³-hybridized carbons (Fsp3) is 0.278. The number of aryl methyl sites for hydroxylation is 2. The first-order valence-electron chi connectivity index (χ1n) is 7.94. The van der Waals surface area contributed by atoms with Gasteiger partial charge in [0.2, 0.25) is 0 Å². The molecule has 1 aromatic carbocycles. The molecule has 3 rings (SSSR count). The molecule has 0 radical (unpaired) electrons. The molecule has 0 spiro atoms. The zero-order valence-corrected chi connectivity index (χ0v) is 14.6. The van der Waals surface area contributed by atoms with Crippen molar-refractivity contribution in [3.63, 3.8) is 0 Å². The van der Waals surface area contributed by atoms with Gasteiger partial charge in [-0.25, -0.2) is 4.79 Å². The van der Waals surface area contributed by atoms with Gasteiger partial charge in [0.05, 0.1) is 11.1 Å². The predicted molar refractivity (Wildman–Crippen MR) is 95.0 cm³/mol. The van der Waals surface area contributed by atoms with Gasteiger partial charge in [0.25, 0.3) is 11.8 Å². The van der Waals surface area contributed by atoms with Gasteiger partial charge in [0, 0.05) is 4.88 Å². The SMILES string of the molecule is Cc1ccccc1C(=O)OCC(=O)Nc1sc2c(c1C(N)=O)CCC2. The molecule has 2 amide bonds. The zero-order chi connectivity index (χ0) is 18.0. The number of primary amides is 1. The van der Waals surface area contributed by atoms with Crippen molar-refractivity contribution in [2.45, 2.75) is 26.2 Å². The molecule has 0 bridgehead atoms.